The molecule has 0 amide bonds. The Morgan fingerprint density at radius 3 is 2.21 bits per heavy atom. The van der Waals surface area contributed by atoms with Crippen molar-refractivity contribution in [1.82, 2.24) is 9.88 Å². The first-order valence-electron chi connectivity index (χ1n) is 11.2. The third-order valence-electron chi connectivity index (χ3n) is 5.51. The molecule has 5 nitrogen and oxygen atoms in total. The van der Waals surface area contributed by atoms with E-state index in [1.165, 1.54) is 5.56 Å². The average Bonchev–Trinajstić information content (AvgIpc) is 2.88. The summed E-state index contributed by atoms with van der Waals surface area (Å²) < 4.78 is 2.03. The van der Waals surface area contributed by atoms with E-state index >= 15 is 0 Å². The molecule has 0 fully saturated rings. The van der Waals surface area contributed by atoms with Crippen molar-refractivity contribution in [2.24, 2.45) is 4.99 Å². The normalized spacial score (nSPS) is 11.9. The van der Waals surface area contributed by atoms with Crippen LogP contribution < -0.4 is 26.6 Å². The molecular formula is C29H28N4O. The van der Waals surface area contributed by atoms with Gasteiger partial charge in [0.2, 0.25) is 0 Å². The molecule has 0 atom stereocenters. The van der Waals surface area contributed by atoms with Gasteiger partial charge in [-0.05, 0) is 29.8 Å². The van der Waals surface area contributed by atoms with Gasteiger partial charge in [0, 0.05) is 42.7 Å². The Hall–Kier alpha value is -4.38. The predicted octanol–water partition coefficient (Wildman–Crippen LogP) is 3.98. The SMILES string of the molecule is C=c1c(=O)cc(Nc2ccccc2)n(-c2ccccc2)c1=CCC(=NC)NCc1ccccc1. The lowest BCUT2D eigenvalue weighted by atomic mass is 10.2. The molecule has 5 heteroatoms. The molecule has 0 unspecified atom stereocenters. The minimum atomic E-state index is -0.121. The highest BCUT2D eigenvalue weighted by Gasteiger charge is 2.09. The fourth-order valence-electron chi connectivity index (χ4n) is 3.73. The number of hydrogen-bond donors (Lipinski definition) is 2. The van der Waals surface area contributed by atoms with E-state index in [-0.39, 0.29) is 5.43 Å². The second-order valence-corrected chi connectivity index (χ2v) is 7.84. The lowest BCUT2D eigenvalue weighted by Crippen LogP contribution is -2.44. The van der Waals surface area contributed by atoms with Crippen molar-refractivity contribution in [3.8, 4) is 5.69 Å². The van der Waals surface area contributed by atoms with Crippen molar-refractivity contribution in [2.45, 2.75) is 13.0 Å². The van der Waals surface area contributed by atoms with Crippen LogP contribution >= 0.6 is 0 Å². The number of para-hydroxylation sites is 2. The van der Waals surface area contributed by atoms with Crippen LogP contribution in [0.1, 0.15) is 12.0 Å². The predicted molar refractivity (Wildman–Crippen MR) is 142 cm³/mol. The Morgan fingerprint density at radius 2 is 1.56 bits per heavy atom. The van der Waals surface area contributed by atoms with Crippen molar-refractivity contribution >= 4 is 30.0 Å². The van der Waals surface area contributed by atoms with Crippen LogP contribution in [-0.2, 0) is 6.54 Å². The molecule has 0 aliphatic heterocycles. The first-order valence-corrected chi connectivity index (χ1v) is 11.2. The summed E-state index contributed by atoms with van der Waals surface area (Å²) in [7, 11) is 1.77. The van der Waals surface area contributed by atoms with Crippen LogP contribution in [0.15, 0.2) is 107 Å². The Balaban J connectivity index is 1.75. The maximum Gasteiger partial charge on any atom is 0.190 e. The third kappa shape index (κ3) is 5.51. The Labute approximate surface area is 199 Å². The quantitative estimate of drug-likeness (QED) is 0.332. The van der Waals surface area contributed by atoms with E-state index in [0.29, 0.717) is 24.0 Å². The minimum Gasteiger partial charge on any atom is -0.370 e. The zero-order chi connectivity index (χ0) is 23.8. The summed E-state index contributed by atoms with van der Waals surface area (Å²) in [5, 5.41) is 7.98. The number of rotatable bonds is 7. The molecule has 0 aliphatic rings. The van der Waals surface area contributed by atoms with Crippen LogP contribution in [0, 0.1) is 0 Å². The number of aliphatic imine (C=N–C) groups is 1. The van der Waals surface area contributed by atoms with Gasteiger partial charge in [0.25, 0.3) is 0 Å². The maximum atomic E-state index is 12.9. The zero-order valence-corrected chi connectivity index (χ0v) is 19.2. The van der Waals surface area contributed by atoms with Gasteiger partial charge in [0.05, 0.1) is 5.35 Å². The molecular weight excluding hydrogens is 420 g/mol. The number of nitrogens with zero attached hydrogens (tertiary/aromatic N) is 2. The molecule has 1 heterocycles. The standard InChI is InChI=1S/C29H28N4O/c1-22-26(18-19-28(30-2)31-21-23-12-6-3-7-13-23)33(25-16-10-5-11-17-25)29(20-27(22)34)32-24-14-8-4-9-15-24/h3-18,20,32H,1,19,21H2,2H3,(H,30,31). The van der Waals surface area contributed by atoms with E-state index in [2.05, 4.69) is 34.3 Å². The number of amidine groups is 1. The fraction of sp³-hybridized carbons (Fsp3) is 0.103. The van der Waals surface area contributed by atoms with Crippen molar-refractivity contribution in [3.63, 3.8) is 0 Å². The lowest BCUT2D eigenvalue weighted by molar-refractivity contribution is 0.896. The fourth-order valence-corrected chi connectivity index (χ4v) is 3.73. The van der Waals surface area contributed by atoms with Gasteiger partial charge in [0.1, 0.15) is 11.7 Å². The van der Waals surface area contributed by atoms with Crippen LogP contribution in [0.4, 0.5) is 11.5 Å². The zero-order valence-electron chi connectivity index (χ0n) is 19.2. The maximum absolute atomic E-state index is 12.9. The van der Waals surface area contributed by atoms with Crippen LogP contribution in [-0.4, -0.2) is 17.5 Å². The second-order valence-electron chi connectivity index (χ2n) is 7.84. The lowest BCUT2D eigenvalue weighted by Gasteiger charge is -2.17. The van der Waals surface area contributed by atoms with Crippen LogP contribution in [0.2, 0.25) is 0 Å². The van der Waals surface area contributed by atoms with Gasteiger partial charge in [-0.2, -0.15) is 0 Å². The van der Waals surface area contributed by atoms with E-state index in [1.54, 1.807) is 13.1 Å². The molecule has 1 aromatic heterocycles. The molecule has 4 rings (SSSR count). The van der Waals surface area contributed by atoms with Gasteiger partial charge >= 0.3 is 0 Å². The summed E-state index contributed by atoms with van der Waals surface area (Å²) in [5.74, 6) is 1.50. The van der Waals surface area contributed by atoms with E-state index in [4.69, 9.17) is 0 Å². The highest BCUT2D eigenvalue weighted by atomic mass is 16.1. The molecule has 34 heavy (non-hydrogen) atoms. The number of anilines is 2. The molecule has 4 aromatic rings. The number of aromatic nitrogens is 1. The van der Waals surface area contributed by atoms with Crippen molar-refractivity contribution < 1.29 is 0 Å². The molecule has 2 N–H and O–H groups in total. The third-order valence-corrected chi connectivity index (χ3v) is 5.51. The van der Waals surface area contributed by atoms with E-state index in [0.717, 1.165) is 22.6 Å². The van der Waals surface area contributed by atoms with Gasteiger partial charge in [0.15, 0.2) is 5.43 Å². The molecule has 0 aliphatic carbocycles. The highest BCUT2D eigenvalue weighted by Crippen LogP contribution is 2.17. The summed E-state index contributed by atoms with van der Waals surface area (Å²) in [6.45, 7) is 4.78. The smallest absolute Gasteiger partial charge is 0.190 e. The van der Waals surface area contributed by atoms with Gasteiger partial charge in [-0.1, -0.05) is 79.4 Å². The highest BCUT2D eigenvalue weighted by molar-refractivity contribution is 5.86. The van der Waals surface area contributed by atoms with Crippen molar-refractivity contribution in [3.05, 3.63) is 123 Å². The Kier molecular flexibility index (Phi) is 7.35. The van der Waals surface area contributed by atoms with Crippen LogP contribution in [0.3, 0.4) is 0 Å². The van der Waals surface area contributed by atoms with Gasteiger partial charge in [-0.3, -0.25) is 14.4 Å². The van der Waals surface area contributed by atoms with Crippen LogP contribution in [0.5, 0.6) is 0 Å². The topological polar surface area (TPSA) is 58.4 Å². The van der Waals surface area contributed by atoms with E-state index < -0.39 is 0 Å². The molecule has 0 saturated heterocycles. The van der Waals surface area contributed by atoms with Gasteiger partial charge < -0.3 is 10.6 Å². The van der Waals surface area contributed by atoms with Gasteiger partial charge in [-0.15, -0.1) is 0 Å². The summed E-state index contributed by atoms with van der Waals surface area (Å²) >= 11 is 0. The number of nitrogens with one attached hydrogen (secondary N) is 2. The molecule has 0 radical (unpaired) electrons. The number of hydrogen-bond acceptors (Lipinski definition) is 3. The summed E-state index contributed by atoms with van der Waals surface area (Å²) in [4.78, 5) is 17.3. The van der Waals surface area contributed by atoms with Gasteiger partial charge in [-0.25, -0.2) is 0 Å². The first-order chi connectivity index (χ1) is 16.7. The van der Waals surface area contributed by atoms with Crippen molar-refractivity contribution in [2.75, 3.05) is 12.4 Å². The molecule has 0 saturated carbocycles. The molecule has 0 spiro atoms. The monoisotopic (exact) mass is 448 g/mol. The Morgan fingerprint density at radius 1 is 0.941 bits per heavy atom. The van der Waals surface area contributed by atoms with Crippen molar-refractivity contribution in [1.29, 1.82) is 0 Å². The van der Waals surface area contributed by atoms with E-state index in [9.17, 15) is 4.79 Å². The second kappa shape index (κ2) is 11.0. The molecule has 3 aromatic carbocycles. The number of pyridine rings is 1. The first kappa shape index (κ1) is 22.8. The minimum absolute atomic E-state index is 0.121. The average molecular weight is 449 g/mol. The number of benzene rings is 3. The summed E-state index contributed by atoms with van der Waals surface area (Å²) in [5.41, 5.74) is 2.89. The van der Waals surface area contributed by atoms with E-state index in [1.807, 2.05) is 89.5 Å². The molecule has 170 valence electrons. The summed E-state index contributed by atoms with van der Waals surface area (Å²) in [6, 6.07) is 31.6. The largest absolute Gasteiger partial charge is 0.370 e. The summed E-state index contributed by atoms with van der Waals surface area (Å²) in [6.07, 6.45) is 2.54. The van der Waals surface area contributed by atoms with Crippen LogP contribution in [0.25, 0.3) is 18.3 Å². The molecule has 0 bridgehead atoms. The Bertz CT molecular complexity index is 1430.